The highest BCUT2D eigenvalue weighted by Crippen LogP contribution is 2.16. The quantitative estimate of drug-likeness (QED) is 0.747. The van der Waals surface area contributed by atoms with Gasteiger partial charge in [-0.2, -0.15) is 5.10 Å². The number of benzene rings is 1. The van der Waals surface area contributed by atoms with Gasteiger partial charge in [-0.1, -0.05) is 30.3 Å². The number of hydrogen-bond acceptors (Lipinski definition) is 3. The van der Waals surface area contributed by atoms with E-state index < -0.39 is 0 Å². The van der Waals surface area contributed by atoms with Crippen LogP contribution in [0.5, 0.6) is 0 Å². The molecule has 1 aliphatic carbocycles. The van der Waals surface area contributed by atoms with Crippen molar-refractivity contribution < 1.29 is 4.79 Å². The molecule has 0 atom stereocenters. The molecule has 1 heterocycles. The van der Waals surface area contributed by atoms with Crippen molar-refractivity contribution in [2.75, 3.05) is 13.1 Å². The number of rotatable bonds is 7. The lowest BCUT2D eigenvalue weighted by Crippen LogP contribution is -2.39. The van der Waals surface area contributed by atoms with Crippen molar-refractivity contribution in [2.45, 2.75) is 45.1 Å². The summed E-state index contributed by atoms with van der Waals surface area (Å²) in [6, 6.07) is 11.7. The summed E-state index contributed by atoms with van der Waals surface area (Å²) in [5.41, 5.74) is 3.30. The van der Waals surface area contributed by atoms with Crippen LogP contribution < -0.4 is 16.2 Å². The third-order valence-corrected chi connectivity index (χ3v) is 4.65. The minimum atomic E-state index is -0.205. The van der Waals surface area contributed by atoms with E-state index >= 15 is 0 Å². The Morgan fingerprint density at radius 1 is 1.08 bits per heavy atom. The minimum absolute atomic E-state index is 0.0873. The molecule has 0 bridgehead atoms. The molecule has 2 amide bonds. The van der Waals surface area contributed by atoms with E-state index in [2.05, 4.69) is 27.9 Å². The lowest BCUT2D eigenvalue weighted by atomic mass is 9.97. The molecule has 0 radical (unpaired) electrons. The SMILES string of the molecule is O=C(NCCCc1ccccc1)NCCn1nc2c(cc1=O)CCCC2. The molecule has 6 heteroatoms. The molecular weight excluding hydrogens is 328 g/mol. The van der Waals surface area contributed by atoms with E-state index in [4.69, 9.17) is 0 Å². The van der Waals surface area contributed by atoms with Crippen LogP contribution in [0.1, 0.15) is 36.1 Å². The van der Waals surface area contributed by atoms with E-state index in [1.165, 1.54) is 10.2 Å². The number of fused-ring (bicyclic) bond motifs is 1. The molecular formula is C20H26N4O2. The van der Waals surface area contributed by atoms with Gasteiger partial charge >= 0.3 is 6.03 Å². The van der Waals surface area contributed by atoms with Crippen molar-refractivity contribution >= 4 is 6.03 Å². The fraction of sp³-hybridized carbons (Fsp3) is 0.450. The maximum atomic E-state index is 12.1. The lowest BCUT2D eigenvalue weighted by molar-refractivity contribution is 0.240. The third-order valence-electron chi connectivity index (χ3n) is 4.65. The first-order valence-corrected chi connectivity index (χ1v) is 9.38. The number of hydrogen-bond donors (Lipinski definition) is 2. The maximum absolute atomic E-state index is 12.1. The summed E-state index contributed by atoms with van der Waals surface area (Å²) >= 11 is 0. The largest absolute Gasteiger partial charge is 0.338 e. The molecule has 2 aromatic rings. The van der Waals surface area contributed by atoms with Crippen LogP contribution in [-0.4, -0.2) is 28.9 Å². The van der Waals surface area contributed by atoms with Crippen LogP contribution >= 0.6 is 0 Å². The Balaban J connectivity index is 1.36. The highest BCUT2D eigenvalue weighted by molar-refractivity contribution is 5.73. The molecule has 3 rings (SSSR count). The second-order valence-electron chi connectivity index (χ2n) is 6.66. The average Bonchev–Trinajstić information content (AvgIpc) is 2.66. The molecule has 0 spiro atoms. The van der Waals surface area contributed by atoms with Crippen LogP contribution in [0.25, 0.3) is 0 Å². The minimum Gasteiger partial charge on any atom is -0.338 e. The zero-order valence-electron chi connectivity index (χ0n) is 15.0. The van der Waals surface area contributed by atoms with Crippen LogP contribution in [0.2, 0.25) is 0 Å². The summed E-state index contributed by atoms with van der Waals surface area (Å²) in [5.74, 6) is 0. The Bertz CT molecular complexity index is 786. The number of amides is 2. The normalized spacial score (nSPS) is 13.1. The molecule has 1 aromatic heterocycles. The smallest absolute Gasteiger partial charge is 0.314 e. The van der Waals surface area contributed by atoms with Crippen molar-refractivity contribution in [3.8, 4) is 0 Å². The van der Waals surface area contributed by atoms with Crippen LogP contribution in [-0.2, 0) is 25.8 Å². The van der Waals surface area contributed by atoms with Crippen molar-refractivity contribution in [1.29, 1.82) is 0 Å². The van der Waals surface area contributed by atoms with Crippen molar-refractivity contribution in [2.24, 2.45) is 0 Å². The molecule has 0 saturated carbocycles. The number of nitrogens with zero attached hydrogens (tertiary/aromatic N) is 2. The number of carbonyl (C=O) groups excluding carboxylic acids is 1. The van der Waals surface area contributed by atoms with Gasteiger partial charge in [0, 0.05) is 19.2 Å². The number of nitrogens with one attached hydrogen (secondary N) is 2. The third kappa shape index (κ3) is 5.18. The van der Waals surface area contributed by atoms with Gasteiger partial charge in [0.1, 0.15) is 0 Å². The second kappa shape index (κ2) is 9.17. The Kier molecular flexibility index (Phi) is 6.41. The summed E-state index contributed by atoms with van der Waals surface area (Å²) in [5, 5.41) is 10.1. The van der Waals surface area contributed by atoms with Gasteiger partial charge in [0.25, 0.3) is 5.56 Å². The van der Waals surface area contributed by atoms with Gasteiger partial charge in [-0.25, -0.2) is 9.48 Å². The van der Waals surface area contributed by atoms with Crippen LogP contribution in [0.3, 0.4) is 0 Å². The van der Waals surface area contributed by atoms with E-state index in [1.54, 1.807) is 6.07 Å². The Morgan fingerprint density at radius 2 is 1.85 bits per heavy atom. The van der Waals surface area contributed by atoms with Crippen LogP contribution in [0, 0.1) is 0 Å². The van der Waals surface area contributed by atoms with Crippen molar-refractivity contribution in [1.82, 2.24) is 20.4 Å². The molecule has 138 valence electrons. The Morgan fingerprint density at radius 3 is 2.69 bits per heavy atom. The molecule has 26 heavy (non-hydrogen) atoms. The monoisotopic (exact) mass is 354 g/mol. The first-order chi connectivity index (χ1) is 12.7. The predicted octanol–water partition coefficient (Wildman–Crippen LogP) is 2.05. The molecule has 0 unspecified atom stereocenters. The van der Waals surface area contributed by atoms with Crippen molar-refractivity contribution in [3.05, 3.63) is 63.6 Å². The summed E-state index contributed by atoms with van der Waals surface area (Å²) in [4.78, 5) is 23.9. The number of aryl methyl sites for hydroxylation is 3. The van der Waals surface area contributed by atoms with Gasteiger partial charge in [0.15, 0.2) is 0 Å². The van der Waals surface area contributed by atoms with Crippen LogP contribution in [0.4, 0.5) is 4.79 Å². The molecule has 1 aromatic carbocycles. The highest BCUT2D eigenvalue weighted by atomic mass is 16.2. The number of carbonyl (C=O) groups is 1. The zero-order chi connectivity index (χ0) is 18.2. The predicted molar refractivity (Wildman–Crippen MR) is 101 cm³/mol. The van der Waals surface area contributed by atoms with E-state index in [1.807, 2.05) is 18.2 Å². The molecule has 0 saturated heterocycles. The van der Waals surface area contributed by atoms with Crippen LogP contribution in [0.15, 0.2) is 41.2 Å². The number of aromatic nitrogens is 2. The first-order valence-electron chi connectivity index (χ1n) is 9.38. The van der Waals surface area contributed by atoms with E-state index in [9.17, 15) is 9.59 Å². The molecule has 0 aliphatic heterocycles. The average molecular weight is 354 g/mol. The maximum Gasteiger partial charge on any atom is 0.314 e. The molecule has 1 aliphatic rings. The second-order valence-corrected chi connectivity index (χ2v) is 6.66. The van der Waals surface area contributed by atoms with E-state index in [0.29, 0.717) is 19.6 Å². The van der Waals surface area contributed by atoms with Gasteiger partial charge < -0.3 is 10.6 Å². The van der Waals surface area contributed by atoms with E-state index in [0.717, 1.165) is 49.8 Å². The van der Waals surface area contributed by atoms with Crippen molar-refractivity contribution in [3.63, 3.8) is 0 Å². The number of urea groups is 1. The first kappa shape index (κ1) is 18.2. The summed E-state index contributed by atoms with van der Waals surface area (Å²) < 4.78 is 1.46. The summed E-state index contributed by atoms with van der Waals surface area (Å²) in [6.07, 6.45) is 5.97. The molecule has 0 fully saturated rings. The lowest BCUT2D eigenvalue weighted by Gasteiger charge is -2.16. The summed E-state index contributed by atoms with van der Waals surface area (Å²) in [6.45, 7) is 1.40. The Hall–Kier alpha value is -2.63. The van der Waals surface area contributed by atoms with Gasteiger partial charge in [-0.05, 0) is 49.7 Å². The summed E-state index contributed by atoms with van der Waals surface area (Å²) in [7, 11) is 0. The highest BCUT2D eigenvalue weighted by Gasteiger charge is 2.13. The topological polar surface area (TPSA) is 76.0 Å². The van der Waals surface area contributed by atoms with Gasteiger partial charge in [-0.3, -0.25) is 4.79 Å². The zero-order valence-corrected chi connectivity index (χ0v) is 15.0. The van der Waals surface area contributed by atoms with Gasteiger partial charge in [0.05, 0.1) is 12.2 Å². The fourth-order valence-electron chi connectivity index (χ4n) is 3.24. The van der Waals surface area contributed by atoms with E-state index in [-0.39, 0.29) is 11.6 Å². The molecule has 6 nitrogen and oxygen atoms in total. The standard InChI is InChI=1S/C20H26N4O2/c25-19-15-17-10-4-5-11-18(17)23-24(19)14-13-22-20(26)21-12-6-9-16-7-2-1-3-8-16/h1-3,7-8,15H,4-6,9-14H2,(H2,21,22,26). The van der Waals surface area contributed by atoms with Gasteiger partial charge in [0.2, 0.25) is 0 Å². The molecule has 2 N–H and O–H groups in total. The Labute approximate surface area is 153 Å². The fourth-order valence-corrected chi connectivity index (χ4v) is 3.24. The van der Waals surface area contributed by atoms with Gasteiger partial charge in [-0.15, -0.1) is 0 Å².